The summed E-state index contributed by atoms with van der Waals surface area (Å²) in [4.78, 5) is 3.72. The lowest BCUT2D eigenvalue weighted by Crippen LogP contribution is -2.28. The lowest BCUT2D eigenvalue weighted by Gasteiger charge is -2.23. The minimum Gasteiger partial charge on any atom is -0.379 e. The number of hydrogen-bond acceptors (Lipinski definition) is 4. The molecule has 0 amide bonds. The molecule has 1 aliphatic carbocycles. The Morgan fingerprint density at radius 2 is 2.33 bits per heavy atom. The Morgan fingerprint density at radius 3 is 3.17 bits per heavy atom. The third-order valence-electron chi connectivity index (χ3n) is 3.37. The van der Waals surface area contributed by atoms with Crippen LogP contribution in [0.15, 0.2) is 11.4 Å². The van der Waals surface area contributed by atoms with E-state index < -0.39 is 0 Å². The second-order valence-corrected chi connectivity index (χ2v) is 6.11. The highest BCUT2D eigenvalue weighted by Gasteiger charge is 2.20. The van der Waals surface area contributed by atoms with Crippen molar-refractivity contribution in [2.24, 2.45) is 0 Å². The number of rotatable bonds is 7. The molecule has 1 aliphatic rings. The molecule has 1 heterocycles. The van der Waals surface area contributed by atoms with Gasteiger partial charge in [0.2, 0.25) is 0 Å². The summed E-state index contributed by atoms with van der Waals surface area (Å²) >= 11 is 1.90. The molecule has 0 bridgehead atoms. The van der Waals surface area contributed by atoms with E-state index in [9.17, 15) is 0 Å². The zero-order chi connectivity index (χ0) is 12.8. The number of nitrogens with one attached hydrogen (secondary N) is 1. The maximum absolute atomic E-state index is 5.60. The lowest BCUT2D eigenvalue weighted by atomic mass is 9.94. The van der Waals surface area contributed by atoms with Gasteiger partial charge >= 0.3 is 0 Å². The summed E-state index contributed by atoms with van der Waals surface area (Å²) in [7, 11) is 4.14. The first-order chi connectivity index (χ1) is 8.77. The molecule has 0 aliphatic heterocycles. The Balaban J connectivity index is 1.63. The van der Waals surface area contributed by atoms with Crippen molar-refractivity contribution in [3.63, 3.8) is 0 Å². The van der Waals surface area contributed by atoms with Crippen LogP contribution in [0.3, 0.4) is 0 Å². The fraction of sp³-hybridized carbons (Fsp3) is 0.714. The molecule has 0 spiro atoms. The van der Waals surface area contributed by atoms with Crippen molar-refractivity contribution in [3.8, 4) is 0 Å². The summed E-state index contributed by atoms with van der Waals surface area (Å²) in [6, 6.07) is 2.83. The van der Waals surface area contributed by atoms with Gasteiger partial charge in [0.15, 0.2) is 0 Å². The minimum atomic E-state index is 0.553. The van der Waals surface area contributed by atoms with E-state index in [4.69, 9.17) is 4.74 Å². The van der Waals surface area contributed by atoms with E-state index in [1.54, 1.807) is 4.88 Å². The average molecular weight is 268 g/mol. The first-order valence-electron chi connectivity index (χ1n) is 6.79. The Labute approximate surface area is 114 Å². The fourth-order valence-corrected chi connectivity index (χ4v) is 3.34. The van der Waals surface area contributed by atoms with Crippen LogP contribution in [-0.4, -0.2) is 45.3 Å². The molecule has 4 heteroatoms. The van der Waals surface area contributed by atoms with Crippen LogP contribution < -0.4 is 5.32 Å². The predicted octanol–water partition coefficient (Wildman–Crippen LogP) is 2.29. The summed E-state index contributed by atoms with van der Waals surface area (Å²) in [5.41, 5.74) is 1.53. The second kappa shape index (κ2) is 7.24. The summed E-state index contributed by atoms with van der Waals surface area (Å²) < 4.78 is 5.60. The molecule has 1 unspecified atom stereocenters. The molecule has 0 radical (unpaired) electrons. The van der Waals surface area contributed by atoms with Crippen molar-refractivity contribution in [2.75, 3.05) is 40.4 Å². The Hall–Kier alpha value is -0.420. The van der Waals surface area contributed by atoms with Crippen LogP contribution in [0.2, 0.25) is 0 Å². The van der Waals surface area contributed by atoms with E-state index in [0.717, 1.165) is 26.3 Å². The standard InChI is InChI=1S/C14H24N2OS/c1-16(2)8-10-17-9-7-15-13-4-3-5-14-12(13)6-11-18-14/h6,11,13,15H,3-5,7-10H2,1-2H3. The van der Waals surface area contributed by atoms with Crippen LogP contribution >= 0.6 is 11.3 Å². The van der Waals surface area contributed by atoms with Crippen LogP contribution in [0.4, 0.5) is 0 Å². The van der Waals surface area contributed by atoms with Gasteiger partial charge in [0.05, 0.1) is 13.2 Å². The third kappa shape index (κ3) is 4.05. The number of nitrogens with zero attached hydrogens (tertiary/aromatic N) is 1. The van der Waals surface area contributed by atoms with E-state index in [-0.39, 0.29) is 0 Å². The van der Waals surface area contributed by atoms with Crippen LogP contribution in [0.5, 0.6) is 0 Å². The number of likely N-dealkylation sites (N-methyl/N-ethyl adjacent to an activating group) is 1. The Kier molecular flexibility index (Phi) is 5.63. The molecule has 18 heavy (non-hydrogen) atoms. The minimum absolute atomic E-state index is 0.553. The second-order valence-electron chi connectivity index (χ2n) is 5.11. The normalized spacial score (nSPS) is 19.2. The van der Waals surface area contributed by atoms with Crippen molar-refractivity contribution in [3.05, 3.63) is 21.9 Å². The van der Waals surface area contributed by atoms with Crippen molar-refractivity contribution >= 4 is 11.3 Å². The first kappa shape index (κ1) is 14.0. The summed E-state index contributed by atoms with van der Waals surface area (Å²) in [6.07, 6.45) is 3.85. The van der Waals surface area contributed by atoms with Gasteiger partial charge in [-0.3, -0.25) is 0 Å². The molecular weight excluding hydrogens is 244 g/mol. The highest BCUT2D eigenvalue weighted by molar-refractivity contribution is 7.10. The van der Waals surface area contributed by atoms with Gasteiger partial charge in [-0.2, -0.15) is 0 Å². The van der Waals surface area contributed by atoms with Crippen LogP contribution in [-0.2, 0) is 11.2 Å². The van der Waals surface area contributed by atoms with Crippen molar-refractivity contribution in [1.82, 2.24) is 10.2 Å². The number of aryl methyl sites for hydroxylation is 1. The first-order valence-corrected chi connectivity index (χ1v) is 7.67. The predicted molar refractivity (Wildman–Crippen MR) is 77.4 cm³/mol. The SMILES string of the molecule is CN(C)CCOCCNC1CCCc2sccc21. The monoisotopic (exact) mass is 268 g/mol. The smallest absolute Gasteiger partial charge is 0.0593 e. The highest BCUT2D eigenvalue weighted by Crippen LogP contribution is 2.32. The number of thiophene rings is 1. The van der Waals surface area contributed by atoms with Gasteiger partial charge in [0.1, 0.15) is 0 Å². The number of hydrogen-bond donors (Lipinski definition) is 1. The summed E-state index contributed by atoms with van der Waals surface area (Å²) in [5, 5.41) is 5.84. The van der Waals surface area contributed by atoms with E-state index in [2.05, 4.69) is 35.8 Å². The quantitative estimate of drug-likeness (QED) is 0.768. The van der Waals surface area contributed by atoms with Crippen molar-refractivity contribution < 1.29 is 4.74 Å². The maximum atomic E-state index is 5.60. The molecule has 3 nitrogen and oxygen atoms in total. The number of fused-ring (bicyclic) bond motifs is 1. The van der Waals surface area contributed by atoms with Gasteiger partial charge in [-0.05, 0) is 50.4 Å². The largest absolute Gasteiger partial charge is 0.379 e. The molecule has 0 fully saturated rings. The van der Waals surface area contributed by atoms with Crippen molar-refractivity contribution in [2.45, 2.75) is 25.3 Å². The fourth-order valence-electron chi connectivity index (χ4n) is 2.35. The molecule has 2 rings (SSSR count). The molecule has 1 aromatic rings. The molecule has 1 N–H and O–H groups in total. The Morgan fingerprint density at radius 1 is 1.44 bits per heavy atom. The lowest BCUT2D eigenvalue weighted by molar-refractivity contribution is 0.117. The molecule has 0 saturated carbocycles. The molecule has 1 atom stereocenters. The van der Waals surface area contributed by atoms with Gasteiger partial charge < -0.3 is 15.0 Å². The van der Waals surface area contributed by atoms with Gasteiger partial charge in [-0.25, -0.2) is 0 Å². The Bertz CT molecular complexity index is 351. The summed E-state index contributed by atoms with van der Waals surface area (Å²) in [5.74, 6) is 0. The third-order valence-corrected chi connectivity index (χ3v) is 4.37. The van der Waals surface area contributed by atoms with Gasteiger partial charge in [-0.15, -0.1) is 11.3 Å². The van der Waals surface area contributed by atoms with E-state index in [1.807, 2.05) is 11.3 Å². The average Bonchev–Trinajstić information content (AvgIpc) is 2.82. The molecule has 102 valence electrons. The van der Waals surface area contributed by atoms with E-state index >= 15 is 0 Å². The molecule has 0 aromatic carbocycles. The van der Waals surface area contributed by atoms with Gasteiger partial charge in [0.25, 0.3) is 0 Å². The van der Waals surface area contributed by atoms with Gasteiger partial charge in [0, 0.05) is 24.0 Å². The molecular formula is C14H24N2OS. The highest BCUT2D eigenvalue weighted by atomic mass is 32.1. The van der Waals surface area contributed by atoms with Crippen molar-refractivity contribution in [1.29, 1.82) is 0 Å². The van der Waals surface area contributed by atoms with E-state index in [1.165, 1.54) is 24.8 Å². The topological polar surface area (TPSA) is 24.5 Å². The zero-order valence-corrected chi connectivity index (χ0v) is 12.3. The molecule has 0 saturated heterocycles. The molecule has 1 aromatic heterocycles. The summed E-state index contributed by atoms with van der Waals surface area (Å²) in [6.45, 7) is 3.58. The maximum Gasteiger partial charge on any atom is 0.0593 e. The zero-order valence-electron chi connectivity index (χ0n) is 11.4. The van der Waals surface area contributed by atoms with Crippen LogP contribution in [0.1, 0.15) is 29.3 Å². The van der Waals surface area contributed by atoms with E-state index in [0.29, 0.717) is 6.04 Å². The number of ether oxygens (including phenoxy) is 1. The van der Waals surface area contributed by atoms with Crippen LogP contribution in [0.25, 0.3) is 0 Å². The van der Waals surface area contributed by atoms with Gasteiger partial charge in [-0.1, -0.05) is 0 Å². The van der Waals surface area contributed by atoms with Crippen LogP contribution in [0, 0.1) is 0 Å².